The van der Waals surface area contributed by atoms with Crippen molar-refractivity contribution >= 4 is 28.1 Å². The van der Waals surface area contributed by atoms with E-state index in [9.17, 15) is 10.1 Å². The number of hydrogen-bond donors (Lipinski definition) is 1. The first-order valence-corrected chi connectivity index (χ1v) is 8.42. The van der Waals surface area contributed by atoms with Crippen LogP contribution in [-0.4, -0.2) is 27.0 Å². The van der Waals surface area contributed by atoms with Crippen molar-refractivity contribution in [2.45, 2.75) is 0 Å². The number of rotatable bonds is 5. The maximum absolute atomic E-state index is 11.2. The van der Waals surface area contributed by atoms with Gasteiger partial charge < -0.3 is 10.1 Å². The second-order valence-electron chi connectivity index (χ2n) is 5.95. The van der Waals surface area contributed by atoms with Gasteiger partial charge in [0, 0.05) is 41.2 Å². The van der Waals surface area contributed by atoms with E-state index in [-0.39, 0.29) is 5.69 Å². The van der Waals surface area contributed by atoms with Crippen molar-refractivity contribution in [3.63, 3.8) is 0 Å². The first kappa shape index (κ1) is 17.3. The van der Waals surface area contributed by atoms with E-state index >= 15 is 0 Å². The Morgan fingerprint density at radius 3 is 2.57 bits per heavy atom. The molecule has 2 heterocycles. The third-order valence-electron chi connectivity index (χ3n) is 4.16. The summed E-state index contributed by atoms with van der Waals surface area (Å²) in [4.78, 5) is 24.0. The van der Waals surface area contributed by atoms with Gasteiger partial charge in [-0.1, -0.05) is 0 Å². The highest BCUT2D eigenvalue weighted by Gasteiger charge is 2.14. The summed E-state index contributed by atoms with van der Waals surface area (Å²) < 4.78 is 5.17. The molecule has 2 aromatic carbocycles. The predicted molar refractivity (Wildman–Crippen MR) is 106 cm³/mol. The number of nitrogens with zero attached hydrogens (tertiary/aromatic N) is 4. The van der Waals surface area contributed by atoms with Crippen LogP contribution in [0.5, 0.6) is 5.75 Å². The summed E-state index contributed by atoms with van der Waals surface area (Å²) in [6, 6.07) is 15.5. The Morgan fingerprint density at radius 2 is 1.89 bits per heavy atom. The van der Waals surface area contributed by atoms with Gasteiger partial charge in [-0.2, -0.15) is 0 Å². The molecule has 0 bridgehead atoms. The van der Waals surface area contributed by atoms with Gasteiger partial charge in [0.2, 0.25) is 0 Å². The maximum Gasteiger partial charge on any atom is 0.270 e. The number of nitro groups is 1. The number of non-ortho nitro benzene ring substituents is 1. The van der Waals surface area contributed by atoms with Crippen molar-refractivity contribution in [3.8, 4) is 17.1 Å². The third-order valence-corrected chi connectivity index (χ3v) is 4.16. The minimum atomic E-state index is -0.439. The highest BCUT2D eigenvalue weighted by Crippen LogP contribution is 2.30. The highest BCUT2D eigenvalue weighted by molar-refractivity contribution is 5.93. The van der Waals surface area contributed by atoms with Gasteiger partial charge in [0.1, 0.15) is 11.6 Å². The zero-order valence-electron chi connectivity index (χ0n) is 14.9. The van der Waals surface area contributed by atoms with E-state index in [4.69, 9.17) is 4.74 Å². The molecule has 4 aromatic rings. The largest absolute Gasteiger partial charge is 0.497 e. The van der Waals surface area contributed by atoms with Crippen LogP contribution in [0.3, 0.4) is 0 Å². The molecule has 8 heteroatoms. The smallest absolute Gasteiger partial charge is 0.270 e. The highest BCUT2D eigenvalue weighted by atomic mass is 16.6. The molecule has 0 saturated carbocycles. The zero-order chi connectivity index (χ0) is 19.5. The molecule has 0 fully saturated rings. The van der Waals surface area contributed by atoms with Crippen LogP contribution in [0.25, 0.3) is 22.3 Å². The molecule has 0 aliphatic carbocycles. The Hall–Kier alpha value is -4.07. The van der Waals surface area contributed by atoms with Crippen molar-refractivity contribution in [2.24, 2.45) is 0 Å². The molecule has 0 radical (unpaired) electrons. The number of anilines is 2. The van der Waals surface area contributed by atoms with E-state index in [0.29, 0.717) is 22.5 Å². The van der Waals surface area contributed by atoms with Gasteiger partial charge in [0.25, 0.3) is 5.69 Å². The fourth-order valence-corrected chi connectivity index (χ4v) is 2.76. The number of hydrogen-bond acceptors (Lipinski definition) is 7. The molecule has 0 atom stereocenters. The van der Waals surface area contributed by atoms with Gasteiger partial charge in [0.15, 0.2) is 5.82 Å². The summed E-state index contributed by atoms with van der Waals surface area (Å²) in [5, 5.41) is 15.0. The van der Waals surface area contributed by atoms with Gasteiger partial charge in [-0.25, -0.2) is 9.97 Å². The average Bonchev–Trinajstić information content (AvgIpc) is 2.74. The second kappa shape index (κ2) is 7.28. The van der Waals surface area contributed by atoms with E-state index in [1.54, 1.807) is 31.6 Å². The summed E-state index contributed by atoms with van der Waals surface area (Å²) in [7, 11) is 1.60. The van der Waals surface area contributed by atoms with Crippen LogP contribution >= 0.6 is 0 Å². The molecule has 8 nitrogen and oxygen atoms in total. The number of nitrogens with one attached hydrogen (secondary N) is 1. The maximum atomic E-state index is 11.2. The van der Waals surface area contributed by atoms with Gasteiger partial charge in [-0.3, -0.25) is 15.1 Å². The van der Waals surface area contributed by atoms with Crippen LogP contribution in [0.4, 0.5) is 17.2 Å². The van der Waals surface area contributed by atoms with Crippen molar-refractivity contribution in [1.29, 1.82) is 0 Å². The second-order valence-corrected chi connectivity index (χ2v) is 5.95. The van der Waals surface area contributed by atoms with E-state index in [1.807, 2.05) is 30.3 Å². The number of pyridine rings is 1. The normalized spacial score (nSPS) is 10.6. The lowest BCUT2D eigenvalue weighted by molar-refractivity contribution is -0.384. The van der Waals surface area contributed by atoms with Gasteiger partial charge in [-0.15, -0.1) is 0 Å². The summed E-state index contributed by atoms with van der Waals surface area (Å²) in [5.74, 6) is 1.67. The Balaban J connectivity index is 1.86. The fourth-order valence-electron chi connectivity index (χ4n) is 2.76. The number of ether oxygens (including phenoxy) is 1. The third kappa shape index (κ3) is 3.43. The Bertz CT molecular complexity index is 1150. The fraction of sp³-hybridized carbons (Fsp3) is 0.0500. The Morgan fingerprint density at radius 1 is 1.07 bits per heavy atom. The van der Waals surface area contributed by atoms with E-state index in [0.717, 1.165) is 17.0 Å². The molecule has 0 spiro atoms. The molecule has 0 aliphatic rings. The van der Waals surface area contributed by atoms with E-state index < -0.39 is 4.92 Å². The van der Waals surface area contributed by atoms with Crippen molar-refractivity contribution in [2.75, 3.05) is 12.4 Å². The molecule has 138 valence electrons. The number of fused-ring (bicyclic) bond motifs is 1. The molecule has 28 heavy (non-hydrogen) atoms. The minimum Gasteiger partial charge on any atom is -0.497 e. The standard InChI is InChI=1S/C20H15N5O3/c1-28-16-7-4-14(5-8-16)22-20-17-11-15(25(26)27)6-9-18(17)23-19(24-20)13-3-2-10-21-12-13/h2-12H,1H3,(H,22,23,24). The lowest BCUT2D eigenvalue weighted by Crippen LogP contribution is -2.00. The SMILES string of the molecule is COc1ccc(Nc2nc(-c3cccnc3)nc3ccc([N+](=O)[O-])cc23)cc1. The topological polar surface area (TPSA) is 103 Å². The number of methoxy groups -OCH3 is 1. The lowest BCUT2D eigenvalue weighted by atomic mass is 10.2. The van der Waals surface area contributed by atoms with Gasteiger partial charge >= 0.3 is 0 Å². The van der Waals surface area contributed by atoms with Crippen LogP contribution < -0.4 is 10.1 Å². The number of aromatic nitrogens is 3. The quantitative estimate of drug-likeness (QED) is 0.410. The van der Waals surface area contributed by atoms with E-state index in [1.165, 1.54) is 12.1 Å². The van der Waals surface area contributed by atoms with Crippen LogP contribution in [0.15, 0.2) is 67.0 Å². The minimum absolute atomic E-state index is 0.0250. The molecule has 1 N–H and O–H groups in total. The Kier molecular flexibility index (Phi) is 4.51. The monoisotopic (exact) mass is 373 g/mol. The van der Waals surface area contributed by atoms with Gasteiger partial charge in [-0.05, 0) is 42.5 Å². The van der Waals surface area contributed by atoms with Crippen molar-refractivity contribution < 1.29 is 9.66 Å². The molecule has 0 saturated heterocycles. The summed E-state index contributed by atoms with van der Waals surface area (Å²) in [6.07, 6.45) is 3.34. The first-order chi connectivity index (χ1) is 13.6. The van der Waals surface area contributed by atoms with Crippen molar-refractivity contribution in [1.82, 2.24) is 15.0 Å². The lowest BCUT2D eigenvalue weighted by Gasteiger charge is -2.11. The average molecular weight is 373 g/mol. The zero-order valence-corrected chi connectivity index (χ0v) is 14.9. The first-order valence-electron chi connectivity index (χ1n) is 8.42. The molecule has 4 rings (SSSR count). The van der Waals surface area contributed by atoms with E-state index in [2.05, 4.69) is 20.3 Å². The van der Waals surface area contributed by atoms with Crippen LogP contribution in [0.1, 0.15) is 0 Å². The summed E-state index contributed by atoms with van der Waals surface area (Å²) in [6.45, 7) is 0. The number of benzene rings is 2. The molecular formula is C20H15N5O3. The summed E-state index contributed by atoms with van der Waals surface area (Å²) in [5.41, 5.74) is 2.09. The molecule has 0 aliphatic heterocycles. The van der Waals surface area contributed by atoms with Crippen molar-refractivity contribution in [3.05, 3.63) is 77.1 Å². The molecule has 0 amide bonds. The van der Waals surface area contributed by atoms with Gasteiger partial charge in [0.05, 0.1) is 17.5 Å². The predicted octanol–water partition coefficient (Wildman–Crippen LogP) is 4.35. The number of nitro benzene ring substituents is 1. The molecule has 0 unspecified atom stereocenters. The van der Waals surface area contributed by atoms with Crippen LogP contribution in [0, 0.1) is 10.1 Å². The van der Waals surface area contributed by atoms with Crippen LogP contribution in [0.2, 0.25) is 0 Å². The molecular weight excluding hydrogens is 358 g/mol. The van der Waals surface area contributed by atoms with Crippen LogP contribution in [-0.2, 0) is 0 Å². The summed E-state index contributed by atoms with van der Waals surface area (Å²) >= 11 is 0. The Labute approximate surface area is 160 Å². The molecule has 2 aromatic heterocycles.